The van der Waals surface area contributed by atoms with Gasteiger partial charge in [0.15, 0.2) is 0 Å². The molecule has 0 saturated carbocycles. The largest absolute Gasteiger partial charge is 0.494 e. The molecule has 0 fully saturated rings. The van der Waals surface area contributed by atoms with Crippen LogP contribution < -0.4 is 4.74 Å². The van der Waals surface area contributed by atoms with Gasteiger partial charge in [-0.25, -0.2) is 0 Å². The van der Waals surface area contributed by atoms with Crippen LogP contribution in [0.4, 0.5) is 0 Å². The van der Waals surface area contributed by atoms with Crippen molar-refractivity contribution in [2.75, 3.05) is 11.9 Å². The Morgan fingerprint density at radius 2 is 1.55 bits per heavy atom. The van der Waals surface area contributed by atoms with Gasteiger partial charge in [0.2, 0.25) is 0 Å². The molecule has 0 radical (unpaired) electrons. The highest BCUT2D eigenvalue weighted by atomic mass is 79.9. The highest BCUT2D eigenvalue weighted by Crippen LogP contribution is 2.36. The van der Waals surface area contributed by atoms with Crippen molar-refractivity contribution in [2.45, 2.75) is 59.3 Å². The first-order chi connectivity index (χ1) is 9.24. The zero-order chi connectivity index (χ0) is 15.2. The molecule has 0 unspecified atom stereocenters. The van der Waals surface area contributed by atoms with E-state index in [0.29, 0.717) is 5.41 Å². The van der Waals surface area contributed by atoms with Crippen LogP contribution in [0.15, 0.2) is 24.3 Å². The van der Waals surface area contributed by atoms with Crippen molar-refractivity contribution in [1.29, 1.82) is 0 Å². The third-order valence-corrected chi connectivity index (χ3v) is 3.97. The number of hydrogen-bond donors (Lipinski definition) is 0. The molecule has 0 aliphatic rings. The van der Waals surface area contributed by atoms with Crippen molar-refractivity contribution >= 4 is 15.9 Å². The van der Waals surface area contributed by atoms with Crippen LogP contribution in [0, 0.1) is 5.41 Å². The maximum absolute atomic E-state index is 5.76. The Labute approximate surface area is 133 Å². The molecule has 0 heterocycles. The average Bonchev–Trinajstić information content (AvgIpc) is 2.32. The predicted octanol–water partition coefficient (Wildman–Crippen LogP) is 5.95. The van der Waals surface area contributed by atoms with Crippen molar-refractivity contribution < 1.29 is 4.74 Å². The molecule has 1 aromatic rings. The number of ether oxygens (including phenoxy) is 1. The molecule has 0 aliphatic carbocycles. The molecule has 2 heteroatoms. The molecule has 114 valence electrons. The third-order valence-electron chi connectivity index (χ3n) is 3.40. The van der Waals surface area contributed by atoms with Crippen LogP contribution in [0.3, 0.4) is 0 Å². The molecular weight excluding hydrogens is 312 g/mol. The van der Waals surface area contributed by atoms with Crippen molar-refractivity contribution in [3.8, 4) is 5.75 Å². The Bertz CT molecular complexity index is 387. The summed E-state index contributed by atoms with van der Waals surface area (Å²) < 4.78 is 5.76. The van der Waals surface area contributed by atoms with E-state index in [1.165, 1.54) is 12.0 Å². The summed E-state index contributed by atoms with van der Waals surface area (Å²) in [4.78, 5) is 0. The second kappa shape index (κ2) is 7.49. The van der Waals surface area contributed by atoms with E-state index in [2.05, 4.69) is 74.8 Å². The van der Waals surface area contributed by atoms with Gasteiger partial charge in [-0.3, -0.25) is 0 Å². The topological polar surface area (TPSA) is 9.23 Å². The second-order valence-electron chi connectivity index (χ2n) is 7.39. The number of unbranched alkanes of at least 4 members (excludes halogenated alkanes) is 1. The van der Waals surface area contributed by atoms with E-state index in [9.17, 15) is 0 Å². The van der Waals surface area contributed by atoms with E-state index in [1.807, 2.05) is 0 Å². The van der Waals surface area contributed by atoms with Crippen molar-refractivity contribution in [1.82, 2.24) is 0 Å². The lowest BCUT2D eigenvalue weighted by molar-refractivity contribution is 0.283. The van der Waals surface area contributed by atoms with Gasteiger partial charge in [-0.1, -0.05) is 62.7 Å². The quantitative estimate of drug-likeness (QED) is 0.439. The first-order valence-electron chi connectivity index (χ1n) is 7.54. The number of hydrogen-bond acceptors (Lipinski definition) is 1. The normalized spacial score (nSPS) is 12.5. The maximum atomic E-state index is 5.76. The van der Waals surface area contributed by atoms with E-state index >= 15 is 0 Å². The first kappa shape index (κ1) is 17.6. The van der Waals surface area contributed by atoms with Crippen LogP contribution in [0.5, 0.6) is 5.75 Å². The molecule has 1 rings (SSSR count). The summed E-state index contributed by atoms with van der Waals surface area (Å²) in [6, 6.07) is 8.64. The minimum absolute atomic E-state index is 0.201. The minimum atomic E-state index is 0.201. The summed E-state index contributed by atoms with van der Waals surface area (Å²) in [5, 5.41) is 1.05. The van der Waals surface area contributed by atoms with Gasteiger partial charge in [-0.15, -0.1) is 0 Å². The van der Waals surface area contributed by atoms with E-state index < -0.39 is 0 Å². The molecule has 0 spiro atoms. The Morgan fingerprint density at radius 1 is 0.950 bits per heavy atom. The molecule has 0 bridgehead atoms. The van der Waals surface area contributed by atoms with Gasteiger partial charge >= 0.3 is 0 Å². The molecule has 0 aliphatic heterocycles. The van der Waals surface area contributed by atoms with Crippen molar-refractivity contribution in [3.05, 3.63) is 29.8 Å². The molecule has 1 nitrogen and oxygen atoms in total. The molecular formula is C18H29BrO. The van der Waals surface area contributed by atoms with E-state index in [-0.39, 0.29) is 5.41 Å². The molecule has 0 aromatic heterocycles. The number of benzene rings is 1. The molecule has 0 atom stereocenters. The fourth-order valence-electron chi connectivity index (χ4n) is 2.82. The Morgan fingerprint density at radius 3 is 2.05 bits per heavy atom. The van der Waals surface area contributed by atoms with Crippen molar-refractivity contribution in [2.24, 2.45) is 5.41 Å². The Hall–Kier alpha value is -0.500. The van der Waals surface area contributed by atoms with E-state index in [1.54, 1.807) is 0 Å². The van der Waals surface area contributed by atoms with Crippen LogP contribution in [-0.2, 0) is 5.41 Å². The SMILES string of the molecule is CC(C)(C)CC(C)(C)c1ccc(OCCCCBr)cc1. The summed E-state index contributed by atoms with van der Waals surface area (Å²) in [5.74, 6) is 0.981. The molecule has 0 amide bonds. The van der Waals surface area contributed by atoms with Crippen molar-refractivity contribution in [3.63, 3.8) is 0 Å². The Kier molecular flexibility index (Phi) is 6.57. The van der Waals surface area contributed by atoms with Crippen LogP contribution in [-0.4, -0.2) is 11.9 Å². The smallest absolute Gasteiger partial charge is 0.119 e. The highest BCUT2D eigenvalue weighted by Gasteiger charge is 2.27. The van der Waals surface area contributed by atoms with Gasteiger partial charge < -0.3 is 4.74 Å². The fourth-order valence-corrected chi connectivity index (χ4v) is 3.21. The van der Waals surface area contributed by atoms with E-state index in [4.69, 9.17) is 4.74 Å². The average molecular weight is 341 g/mol. The number of alkyl halides is 1. The lowest BCUT2D eigenvalue weighted by Gasteiger charge is -2.33. The van der Waals surface area contributed by atoms with Gasteiger partial charge in [0.1, 0.15) is 5.75 Å². The van der Waals surface area contributed by atoms with Crippen LogP contribution in [0.25, 0.3) is 0 Å². The number of halogens is 1. The van der Waals surface area contributed by atoms with Gasteiger partial charge in [-0.2, -0.15) is 0 Å². The van der Waals surface area contributed by atoms with Gasteiger partial charge in [0, 0.05) is 5.33 Å². The summed E-state index contributed by atoms with van der Waals surface area (Å²) in [6.45, 7) is 12.4. The van der Waals surface area contributed by atoms with Crippen LogP contribution in [0.2, 0.25) is 0 Å². The molecule has 20 heavy (non-hydrogen) atoms. The van der Waals surface area contributed by atoms with Gasteiger partial charge in [-0.05, 0) is 47.8 Å². The summed E-state index contributed by atoms with van der Waals surface area (Å²) >= 11 is 3.44. The monoisotopic (exact) mass is 340 g/mol. The van der Waals surface area contributed by atoms with Gasteiger partial charge in [0.05, 0.1) is 6.61 Å². The second-order valence-corrected chi connectivity index (χ2v) is 8.18. The lowest BCUT2D eigenvalue weighted by atomic mass is 9.72. The molecule has 0 N–H and O–H groups in total. The first-order valence-corrected chi connectivity index (χ1v) is 8.66. The summed E-state index contributed by atoms with van der Waals surface area (Å²) in [5.41, 5.74) is 1.93. The zero-order valence-electron chi connectivity index (χ0n) is 13.6. The number of rotatable bonds is 7. The summed E-state index contributed by atoms with van der Waals surface area (Å²) in [7, 11) is 0. The standard InChI is InChI=1S/C18H29BrO/c1-17(2,3)14-18(4,5)15-8-10-16(11-9-15)20-13-7-6-12-19/h8-11H,6-7,12-14H2,1-5H3. The third kappa shape index (κ3) is 6.30. The summed E-state index contributed by atoms with van der Waals surface area (Å²) in [6.07, 6.45) is 3.44. The molecule has 1 aromatic carbocycles. The van der Waals surface area contributed by atoms with Crippen LogP contribution >= 0.6 is 15.9 Å². The zero-order valence-corrected chi connectivity index (χ0v) is 15.2. The highest BCUT2D eigenvalue weighted by molar-refractivity contribution is 9.09. The van der Waals surface area contributed by atoms with Crippen LogP contribution in [0.1, 0.15) is 59.4 Å². The minimum Gasteiger partial charge on any atom is -0.494 e. The van der Waals surface area contributed by atoms with E-state index in [0.717, 1.165) is 30.5 Å². The lowest BCUT2D eigenvalue weighted by Crippen LogP contribution is -2.24. The Balaban J connectivity index is 2.61. The maximum Gasteiger partial charge on any atom is 0.119 e. The molecule has 0 saturated heterocycles. The fraction of sp³-hybridized carbons (Fsp3) is 0.667. The predicted molar refractivity (Wildman–Crippen MR) is 92.1 cm³/mol. The van der Waals surface area contributed by atoms with Gasteiger partial charge in [0.25, 0.3) is 0 Å².